The lowest BCUT2D eigenvalue weighted by atomic mass is 10.1. The maximum atomic E-state index is 5.46. The Labute approximate surface area is 72.0 Å². The van der Waals surface area contributed by atoms with Crippen LogP contribution in [0.2, 0.25) is 0 Å². The molecule has 2 rings (SSSR count). The summed E-state index contributed by atoms with van der Waals surface area (Å²) in [6.45, 7) is 6.27. The maximum Gasteiger partial charge on any atom is 0.137 e. The smallest absolute Gasteiger partial charge is 0.137 e. The summed E-state index contributed by atoms with van der Waals surface area (Å²) in [4.78, 5) is 0. The van der Waals surface area contributed by atoms with Gasteiger partial charge in [-0.25, -0.2) is 0 Å². The van der Waals surface area contributed by atoms with Crippen molar-refractivity contribution in [3.63, 3.8) is 0 Å². The fourth-order valence-electron chi connectivity index (χ4n) is 1.46. The molecule has 0 radical (unpaired) electrons. The molecule has 1 aromatic heterocycles. The van der Waals surface area contributed by atoms with Gasteiger partial charge in [0.15, 0.2) is 0 Å². The molecule has 0 unspecified atom stereocenters. The average molecular weight is 160 g/mol. The minimum absolute atomic E-state index is 1.03. The van der Waals surface area contributed by atoms with Gasteiger partial charge in [-0.3, -0.25) is 0 Å². The third-order valence-electron chi connectivity index (χ3n) is 2.46. The fourth-order valence-corrected chi connectivity index (χ4v) is 1.46. The highest BCUT2D eigenvalue weighted by molar-refractivity contribution is 5.84. The molecule has 1 heteroatoms. The van der Waals surface area contributed by atoms with Crippen molar-refractivity contribution in [1.82, 2.24) is 0 Å². The lowest BCUT2D eigenvalue weighted by molar-refractivity contribution is 0.610. The van der Waals surface area contributed by atoms with Crippen molar-refractivity contribution in [3.8, 4) is 0 Å². The Bertz CT molecular complexity index is 424. The molecule has 62 valence electrons. The van der Waals surface area contributed by atoms with E-state index in [1.54, 1.807) is 0 Å². The summed E-state index contributed by atoms with van der Waals surface area (Å²) in [6.07, 6.45) is 1.82. The molecule has 1 heterocycles. The Kier molecular flexibility index (Phi) is 1.47. The van der Waals surface area contributed by atoms with E-state index in [9.17, 15) is 0 Å². The molecule has 2 aromatic rings. The van der Waals surface area contributed by atoms with Crippen molar-refractivity contribution >= 4 is 11.0 Å². The van der Waals surface area contributed by atoms with Gasteiger partial charge in [0.25, 0.3) is 0 Å². The van der Waals surface area contributed by atoms with Crippen LogP contribution >= 0.6 is 0 Å². The predicted octanol–water partition coefficient (Wildman–Crippen LogP) is 3.36. The van der Waals surface area contributed by atoms with Crippen molar-refractivity contribution in [2.24, 2.45) is 0 Å². The molecule has 0 aliphatic rings. The Hall–Kier alpha value is -1.24. The quantitative estimate of drug-likeness (QED) is 0.576. The second-order valence-corrected chi connectivity index (χ2v) is 3.30. The van der Waals surface area contributed by atoms with Gasteiger partial charge in [-0.1, -0.05) is 12.1 Å². The Morgan fingerprint density at radius 2 is 1.75 bits per heavy atom. The van der Waals surface area contributed by atoms with E-state index < -0.39 is 0 Å². The lowest BCUT2D eigenvalue weighted by Gasteiger charge is -1.98. The molecular formula is C11H12O. The zero-order chi connectivity index (χ0) is 8.72. The largest absolute Gasteiger partial charge is 0.464 e. The van der Waals surface area contributed by atoms with Gasteiger partial charge in [0.05, 0.1) is 6.26 Å². The molecule has 0 N–H and O–H groups in total. The number of hydrogen-bond donors (Lipinski definition) is 0. The van der Waals surface area contributed by atoms with E-state index >= 15 is 0 Å². The van der Waals surface area contributed by atoms with Crippen LogP contribution in [0.3, 0.4) is 0 Å². The van der Waals surface area contributed by atoms with Gasteiger partial charge in [0, 0.05) is 5.39 Å². The number of hydrogen-bond acceptors (Lipinski definition) is 1. The number of fused-ring (bicyclic) bond motifs is 1. The molecule has 0 saturated carbocycles. The first-order valence-corrected chi connectivity index (χ1v) is 4.14. The number of benzene rings is 1. The fraction of sp³-hybridized carbons (Fsp3) is 0.273. The van der Waals surface area contributed by atoms with Crippen LogP contribution in [0.5, 0.6) is 0 Å². The molecule has 0 fully saturated rings. The van der Waals surface area contributed by atoms with Gasteiger partial charge < -0.3 is 4.42 Å². The van der Waals surface area contributed by atoms with Crippen molar-refractivity contribution < 1.29 is 4.42 Å². The van der Waals surface area contributed by atoms with Gasteiger partial charge in [-0.05, 0) is 37.5 Å². The summed E-state index contributed by atoms with van der Waals surface area (Å²) >= 11 is 0. The third kappa shape index (κ3) is 0.860. The summed E-state index contributed by atoms with van der Waals surface area (Å²) in [7, 11) is 0. The van der Waals surface area contributed by atoms with E-state index in [0.717, 1.165) is 5.58 Å². The molecule has 0 atom stereocenters. The normalized spacial score (nSPS) is 10.9. The van der Waals surface area contributed by atoms with Gasteiger partial charge in [0.2, 0.25) is 0 Å². The van der Waals surface area contributed by atoms with E-state index in [2.05, 4.69) is 32.9 Å². The zero-order valence-electron chi connectivity index (χ0n) is 7.64. The Morgan fingerprint density at radius 3 is 2.50 bits per heavy atom. The summed E-state index contributed by atoms with van der Waals surface area (Å²) < 4.78 is 5.46. The minimum atomic E-state index is 1.03. The Balaban J connectivity index is 2.93. The lowest BCUT2D eigenvalue weighted by Crippen LogP contribution is -1.80. The molecule has 0 aliphatic heterocycles. The van der Waals surface area contributed by atoms with Crippen LogP contribution in [-0.4, -0.2) is 0 Å². The van der Waals surface area contributed by atoms with Gasteiger partial charge in [0.1, 0.15) is 5.58 Å². The standard InChI is InChI=1S/C11H12O/c1-7-4-5-10-8(2)6-12-11(10)9(7)3/h4-6H,1-3H3. The van der Waals surface area contributed by atoms with E-state index in [1.807, 2.05) is 6.26 Å². The van der Waals surface area contributed by atoms with Gasteiger partial charge in [-0.15, -0.1) is 0 Å². The van der Waals surface area contributed by atoms with Crippen LogP contribution in [0.15, 0.2) is 22.8 Å². The van der Waals surface area contributed by atoms with Crippen LogP contribution in [-0.2, 0) is 0 Å². The molecule has 1 nitrogen and oxygen atoms in total. The van der Waals surface area contributed by atoms with Crippen LogP contribution in [0.4, 0.5) is 0 Å². The van der Waals surface area contributed by atoms with Crippen LogP contribution < -0.4 is 0 Å². The molecule has 0 bridgehead atoms. The third-order valence-corrected chi connectivity index (χ3v) is 2.46. The molecule has 12 heavy (non-hydrogen) atoms. The van der Waals surface area contributed by atoms with Crippen molar-refractivity contribution in [3.05, 3.63) is 35.1 Å². The second kappa shape index (κ2) is 2.37. The van der Waals surface area contributed by atoms with Gasteiger partial charge >= 0.3 is 0 Å². The summed E-state index contributed by atoms with van der Waals surface area (Å²) in [6, 6.07) is 4.26. The van der Waals surface area contributed by atoms with Crippen molar-refractivity contribution in [1.29, 1.82) is 0 Å². The topological polar surface area (TPSA) is 13.1 Å². The van der Waals surface area contributed by atoms with E-state index in [0.29, 0.717) is 0 Å². The molecule has 0 aliphatic carbocycles. The number of furan rings is 1. The van der Waals surface area contributed by atoms with Crippen molar-refractivity contribution in [2.75, 3.05) is 0 Å². The van der Waals surface area contributed by atoms with Crippen LogP contribution in [0, 0.1) is 20.8 Å². The minimum Gasteiger partial charge on any atom is -0.464 e. The monoisotopic (exact) mass is 160 g/mol. The SMILES string of the molecule is Cc1ccc2c(C)coc2c1C. The molecular weight excluding hydrogens is 148 g/mol. The van der Waals surface area contributed by atoms with E-state index in [4.69, 9.17) is 4.42 Å². The highest BCUT2D eigenvalue weighted by atomic mass is 16.3. The van der Waals surface area contributed by atoms with Crippen molar-refractivity contribution in [2.45, 2.75) is 20.8 Å². The number of aryl methyl sites for hydroxylation is 3. The van der Waals surface area contributed by atoms with E-state index in [-0.39, 0.29) is 0 Å². The summed E-state index contributed by atoms with van der Waals surface area (Å²) in [5.74, 6) is 0. The first kappa shape index (κ1) is 7.41. The predicted molar refractivity (Wildman–Crippen MR) is 50.4 cm³/mol. The average Bonchev–Trinajstić information content (AvgIpc) is 2.41. The molecule has 0 spiro atoms. The highest BCUT2D eigenvalue weighted by Gasteiger charge is 2.05. The number of rotatable bonds is 0. The second-order valence-electron chi connectivity index (χ2n) is 3.30. The maximum absolute atomic E-state index is 5.46. The Morgan fingerprint density at radius 1 is 1.00 bits per heavy atom. The summed E-state index contributed by atoms with van der Waals surface area (Å²) in [5.41, 5.74) is 4.79. The van der Waals surface area contributed by atoms with Crippen LogP contribution in [0.1, 0.15) is 16.7 Å². The molecule has 1 aromatic carbocycles. The van der Waals surface area contributed by atoms with Gasteiger partial charge in [-0.2, -0.15) is 0 Å². The van der Waals surface area contributed by atoms with E-state index in [1.165, 1.54) is 22.1 Å². The molecule has 0 amide bonds. The first-order valence-electron chi connectivity index (χ1n) is 4.14. The highest BCUT2D eigenvalue weighted by Crippen LogP contribution is 2.25. The molecule has 0 saturated heterocycles. The summed E-state index contributed by atoms with van der Waals surface area (Å²) in [5, 5.41) is 1.23. The first-order chi connectivity index (χ1) is 5.70. The zero-order valence-corrected chi connectivity index (χ0v) is 7.64. The van der Waals surface area contributed by atoms with Crippen LogP contribution in [0.25, 0.3) is 11.0 Å².